The van der Waals surface area contributed by atoms with E-state index in [-0.39, 0.29) is 17.9 Å². The predicted molar refractivity (Wildman–Crippen MR) is 68.3 cm³/mol. The molecule has 2 aromatic rings. The van der Waals surface area contributed by atoms with Crippen molar-refractivity contribution in [3.63, 3.8) is 0 Å². The van der Waals surface area contributed by atoms with Gasteiger partial charge in [-0.2, -0.15) is 0 Å². The zero-order valence-electron chi connectivity index (χ0n) is 10.9. The first-order valence-electron chi connectivity index (χ1n) is 5.71. The molecule has 0 amide bonds. The van der Waals surface area contributed by atoms with Crippen LogP contribution < -0.4 is 4.72 Å². The smallest absolute Gasteiger partial charge is 0.339 e. The second kappa shape index (κ2) is 6.02. The van der Waals surface area contributed by atoms with E-state index in [0.717, 1.165) is 25.3 Å². The Morgan fingerprint density at radius 3 is 2.81 bits per heavy atom. The normalized spacial score (nSPS) is 11.3. The van der Waals surface area contributed by atoms with E-state index in [4.69, 9.17) is 4.52 Å². The molecular weight excluding hydrogens is 303 g/mol. The first-order chi connectivity index (χ1) is 9.94. The highest BCUT2D eigenvalue weighted by Crippen LogP contribution is 2.18. The third-order valence-corrected chi connectivity index (χ3v) is 4.01. The summed E-state index contributed by atoms with van der Waals surface area (Å²) in [7, 11) is -3.02. The van der Waals surface area contributed by atoms with Gasteiger partial charge in [0.05, 0.1) is 30.3 Å². The molecule has 0 spiro atoms. The largest absolute Gasteiger partial charge is 0.465 e. The van der Waals surface area contributed by atoms with Gasteiger partial charge in [-0.1, -0.05) is 5.16 Å². The number of nitrogens with zero attached hydrogens (tertiary/aromatic N) is 1. The molecule has 0 aliphatic carbocycles. The van der Waals surface area contributed by atoms with Gasteiger partial charge < -0.3 is 9.26 Å². The molecule has 0 saturated carbocycles. The number of hydrogen-bond donors (Lipinski definition) is 1. The summed E-state index contributed by atoms with van der Waals surface area (Å²) in [6.07, 6.45) is 1.35. The van der Waals surface area contributed by atoms with Crippen molar-refractivity contribution >= 4 is 16.0 Å². The number of carbonyl (C=O) groups is 1. The van der Waals surface area contributed by atoms with Crippen molar-refractivity contribution in [3.8, 4) is 0 Å². The van der Waals surface area contributed by atoms with E-state index in [9.17, 15) is 17.6 Å². The Kier molecular flexibility index (Phi) is 4.34. The standard InChI is InChI=1S/C12H11FN2O5S/c1-19-12(16)10-3-2-8(13)6-11(10)21(17,18)15-7-9-4-5-14-20-9/h2-6,15H,7H2,1H3. The third-order valence-electron chi connectivity index (χ3n) is 2.57. The quantitative estimate of drug-likeness (QED) is 0.829. The minimum atomic E-state index is -4.12. The average Bonchev–Trinajstić information content (AvgIpc) is 2.98. The molecule has 1 heterocycles. The zero-order valence-corrected chi connectivity index (χ0v) is 11.7. The van der Waals surface area contributed by atoms with Crippen LogP contribution in [0.3, 0.4) is 0 Å². The van der Waals surface area contributed by atoms with Gasteiger partial charge in [-0.3, -0.25) is 0 Å². The Balaban J connectivity index is 2.34. The van der Waals surface area contributed by atoms with Gasteiger partial charge in [-0.25, -0.2) is 22.3 Å². The molecule has 0 fully saturated rings. The molecule has 0 aliphatic rings. The Bertz CT molecular complexity index is 743. The van der Waals surface area contributed by atoms with E-state index >= 15 is 0 Å². The Hall–Kier alpha value is -2.26. The lowest BCUT2D eigenvalue weighted by atomic mass is 10.2. The van der Waals surface area contributed by atoms with E-state index in [1.807, 2.05) is 0 Å². The number of hydrogen-bond acceptors (Lipinski definition) is 6. The summed E-state index contributed by atoms with van der Waals surface area (Å²) in [5.41, 5.74) is -0.260. The van der Waals surface area contributed by atoms with Gasteiger partial charge in [0.2, 0.25) is 10.0 Å². The van der Waals surface area contributed by atoms with Crippen molar-refractivity contribution in [2.45, 2.75) is 11.4 Å². The maximum atomic E-state index is 13.3. The van der Waals surface area contributed by atoms with Crippen LogP contribution in [0, 0.1) is 5.82 Å². The molecule has 1 aromatic heterocycles. The molecule has 1 aromatic carbocycles. The number of aromatic nitrogens is 1. The maximum absolute atomic E-state index is 13.3. The lowest BCUT2D eigenvalue weighted by molar-refractivity contribution is 0.0596. The van der Waals surface area contributed by atoms with Crippen LogP contribution in [0.1, 0.15) is 16.1 Å². The van der Waals surface area contributed by atoms with Gasteiger partial charge in [-0.05, 0) is 18.2 Å². The van der Waals surface area contributed by atoms with Crippen LogP contribution in [0.25, 0.3) is 0 Å². The van der Waals surface area contributed by atoms with Crippen molar-refractivity contribution in [3.05, 3.63) is 47.6 Å². The third kappa shape index (κ3) is 3.44. The van der Waals surface area contributed by atoms with E-state index in [1.54, 1.807) is 0 Å². The number of ether oxygens (including phenoxy) is 1. The van der Waals surface area contributed by atoms with Gasteiger partial charge in [0.1, 0.15) is 5.82 Å². The topological polar surface area (TPSA) is 98.5 Å². The number of benzene rings is 1. The number of carbonyl (C=O) groups excluding carboxylic acids is 1. The molecule has 0 radical (unpaired) electrons. The number of esters is 1. The summed E-state index contributed by atoms with van der Waals surface area (Å²) >= 11 is 0. The van der Waals surface area contributed by atoms with Gasteiger partial charge in [-0.15, -0.1) is 0 Å². The minimum Gasteiger partial charge on any atom is -0.465 e. The van der Waals surface area contributed by atoms with E-state index in [0.29, 0.717) is 0 Å². The van der Waals surface area contributed by atoms with Crippen LogP contribution in [-0.4, -0.2) is 26.7 Å². The molecular formula is C12H11FN2O5S. The summed E-state index contributed by atoms with van der Waals surface area (Å²) in [4.78, 5) is 11.1. The molecule has 1 N–H and O–H groups in total. The van der Waals surface area contributed by atoms with E-state index in [2.05, 4.69) is 14.6 Å². The summed E-state index contributed by atoms with van der Waals surface area (Å²) < 4.78 is 49.0. The first-order valence-corrected chi connectivity index (χ1v) is 7.19. The van der Waals surface area contributed by atoms with E-state index in [1.165, 1.54) is 12.3 Å². The van der Waals surface area contributed by atoms with Crippen molar-refractivity contribution in [1.29, 1.82) is 0 Å². The van der Waals surface area contributed by atoms with Crippen LogP contribution in [0.4, 0.5) is 4.39 Å². The van der Waals surface area contributed by atoms with Crippen LogP contribution in [0.15, 0.2) is 39.9 Å². The fourth-order valence-corrected chi connectivity index (χ4v) is 2.77. The number of rotatable bonds is 5. The fourth-order valence-electron chi connectivity index (χ4n) is 1.57. The van der Waals surface area contributed by atoms with Crippen molar-refractivity contribution in [1.82, 2.24) is 9.88 Å². The summed E-state index contributed by atoms with van der Waals surface area (Å²) in [6.45, 7) is -0.181. The van der Waals surface area contributed by atoms with Crippen LogP contribution in [0.2, 0.25) is 0 Å². The predicted octanol–water partition coefficient (Wildman–Crippen LogP) is 1.08. The SMILES string of the molecule is COC(=O)c1ccc(F)cc1S(=O)(=O)NCc1ccno1. The van der Waals surface area contributed by atoms with Crippen molar-refractivity contribution in [2.75, 3.05) is 7.11 Å². The van der Waals surface area contributed by atoms with Crippen LogP contribution in [-0.2, 0) is 21.3 Å². The Morgan fingerprint density at radius 2 is 2.19 bits per heavy atom. The van der Waals surface area contributed by atoms with Gasteiger partial charge >= 0.3 is 5.97 Å². The molecule has 0 bridgehead atoms. The van der Waals surface area contributed by atoms with Gasteiger partial charge in [0.25, 0.3) is 0 Å². The first kappa shape index (κ1) is 15.1. The average molecular weight is 314 g/mol. The van der Waals surface area contributed by atoms with Crippen molar-refractivity contribution in [2.24, 2.45) is 0 Å². The monoisotopic (exact) mass is 314 g/mol. The second-order valence-electron chi connectivity index (χ2n) is 3.94. The molecule has 7 nitrogen and oxygen atoms in total. The van der Waals surface area contributed by atoms with Crippen LogP contribution >= 0.6 is 0 Å². The zero-order chi connectivity index (χ0) is 15.5. The maximum Gasteiger partial charge on any atom is 0.339 e. The van der Waals surface area contributed by atoms with Gasteiger partial charge in [0.15, 0.2) is 5.76 Å². The number of halogens is 1. The summed E-state index contributed by atoms with van der Waals surface area (Å²) in [5.74, 6) is -1.40. The fraction of sp³-hybridized carbons (Fsp3) is 0.167. The highest BCUT2D eigenvalue weighted by atomic mass is 32.2. The highest BCUT2D eigenvalue weighted by Gasteiger charge is 2.24. The Morgan fingerprint density at radius 1 is 1.43 bits per heavy atom. The molecule has 2 rings (SSSR count). The number of nitrogens with one attached hydrogen (secondary N) is 1. The minimum absolute atomic E-state index is 0.181. The molecule has 0 atom stereocenters. The highest BCUT2D eigenvalue weighted by molar-refractivity contribution is 7.89. The molecule has 112 valence electrons. The van der Waals surface area contributed by atoms with Crippen molar-refractivity contribution < 1.29 is 26.9 Å². The number of methoxy groups -OCH3 is 1. The molecule has 0 unspecified atom stereocenters. The van der Waals surface area contributed by atoms with Gasteiger partial charge in [0, 0.05) is 6.07 Å². The lowest BCUT2D eigenvalue weighted by Crippen LogP contribution is -2.25. The molecule has 0 saturated heterocycles. The molecule has 21 heavy (non-hydrogen) atoms. The summed E-state index contributed by atoms with van der Waals surface area (Å²) in [5, 5.41) is 3.42. The summed E-state index contributed by atoms with van der Waals surface area (Å²) in [6, 6.07) is 4.23. The lowest BCUT2D eigenvalue weighted by Gasteiger charge is -2.09. The second-order valence-corrected chi connectivity index (χ2v) is 5.67. The Labute approximate surface area is 119 Å². The molecule has 9 heteroatoms. The number of sulfonamides is 1. The molecule has 0 aliphatic heterocycles. The van der Waals surface area contributed by atoms with E-state index < -0.39 is 26.7 Å². The van der Waals surface area contributed by atoms with Crippen LogP contribution in [0.5, 0.6) is 0 Å².